The van der Waals surface area contributed by atoms with E-state index in [2.05, 4.69) is 5.32 Å². The molecule has 1 aromatic rings. The second-order valence-electron chi connectivity index (χ2n) is 4.54. The van der Waals surface area contributed by atoms with Crippen molar-refractivity contribution in [1.29, 1.82) is 0 Å². The monoisotopic (exact) mass is 280 g/mol. The van der Waals surface area contributed by atoms with Gasteiger partial charge in [-0.2, -0.15) is 0 Å². The van der Waals surface area contributed by atoms with Crippen LogP contribution >= 0.6 is 0 Å². The summed E-state index contributed by atoms with van der Waals surface area (Å²) in [6, 6.07) is 6.33. The van der Waals surface area contributed by atoms with E-state index in [-0.39, 0.29) is 24.1 Å². The lowest BCUT2D eigenvalue weighted by Crippen LogP contribution is -2.40. The summed E-state index contributed by atoms with van der Waals surface area (Å²) < 4.78 is 0. The fourth-order valence-corrected chi connectivity index (χ4v) is 1.67. The Morgan fingerprint density at radius 2 is 2.15 bits per heavy atom. The Morgan fingerprint density at radius 1 is 1.50 bits per heavy atom. The smallest absolute Gasteiger partial charge is 0.292 e. The quantitative estimate of drug-likeness (QED) is 0.577. The molecule has 0 aliphatic carbocycles. The highest BCUT2D eigenvalue weighted by molar-refractivity contribution is 5.77. The average Bonchev–Trinajstić information content (AvgIpc) is 2.45. The molecule has 0 saturated carbocycles. The van der Waals surface area contributed by atoms with Crippen molar-refractivity contribution in [2.45, 2.75) is 19.4 Å². The zero-order valence-electron chi connectivity index (χ0n) is 11.7. The normalized spacial score (nSPS) is 11.8. The summed E-state index contributed by atoms with van der Waals surface area (Å²) in [4.78, 5) is 23.8. The second kappa shape index (κ2) is 7.44. The Morgan fingerprint density at radius 3 is 2.75 bits per heavy atom. The number of carbonyl (C=O) groups excluding carboxylic acids is 1. The van der Waals surface area contributed by atoms with Crippen molar-refractivity contribution in [2.24, 2.45) is 5.73 Å². The van der Waals surface area contributed by atoms with Gasteiger partial charge in [0, 0.05) is 38.7 Å². The predicted molar refractivity (Wildman–Crippen MR) is 77.5 cm³/mol. The Labute approximate surface area is 117 Å². The topological polar surface area (TPSA) is 102 Å². The first kappa shape index (κ1) is 15.9. The van der Waals surface area contributed by atoms with Gasteiger partial charge in [0.2, 0.25) is 5.91 Å². The number of nitrogens with zero attached hydrogens (tertiary/aromatic N) is 2. The molecule has 20 heavy (non-hydrogen) atoms. The lowest BCUT2D eigenvalue weighted by atomic mass is 10.2. The first-order chi connectivity index (χ1) is 9.47. The van der Waals surface area contributed by atoms with Crippen LogP contribution in [0, 0.1) is 10.1 Å². The van der Waals surface area contributed by atoms with Gasteiger partial charge in [-0.05, 0) is 13.0 Å². The molecular weight excluding hydrogens is 260 g/mol. The Hall–Kier alpha value is -2.15. The number of benzene rings is 1. The second-order valence-corrected chi connectivity index (χ2v) is 4.54. The molecular formula is C13H20N4O3. The number of nitrogens with two attached hydrogens (primary N) is 1. The molecule has 1 atom stereocenters. The standard InChI is InChI=1S/C13H20N4O3/c1-10(9-14)16(2)13(18)7-8-15-11-5-3-4-6-12(11)17(19)20/h3-6,10,15H,7-9,14H2,1-2H3. The summed E-state index contributed by atoms with van der Waals surface area (Å²) in [6.07, 6.45) is 0.257. The molecule has 0 spiro atoms. The van der Waals surface area contributed by atoms with E-state index in [9.17, 15) is 14.9 Å². The molecule has 1 unspecified atom stereocenters. The first-order valence-electron chi connectivity index (χ1n) is 6.40. The molecule has 0 fully saturated rings. The number of nitrogens with one attached hydrogen (secondary N) is 1. The van der Waals surface area contributed by atoms with Gasteiger partial charge in [0.25, 0.3) is 5.69 Å². The fraction of sp³-hybridized carbons (Fsp3) is 0.462. The lowest BCUT2D eigenvalue weighted by Gasteiger charge is -2.23. The van der Waals surface area contributed by atoms with Gasteiger partial charge in [-0.1, -0.05) is 12.1 Å². The van der Waals surface area contributed by atoms with E-state index in [1.165, 1.54) is 6.07 Å². The van der Waals surface area contributed by atoms with E-state index in [1.807, 2.05) is 6.92 Å². The Bertz CT molecular complexity index is 478. The summed E-state index contributed by atoms with van der Waals surface area (Å²) in [6.45, 7) is 2.61. The van der Waals surface area contributed by atoms with Crippen LogP contribution < -0.4 is 11.1 Å². The number of hydrogen-bond acceptors (Lipinski definition) is 5. The minimum absolute atomic E-state index is 0.00336. The number of anilines is 1. The third kappa shape index (κ3) is 4.20. The number of amides is 1. The van der Waals surface area contributed by atoms with Gasteiger partial charge in [0.1, 0.15) is 5.69 Å². The molecule has 0 radical (unpaired) electrons. The van der Waals surface area contributed by atoms with Gasteiger partial charge in [0.15, 0.2) is 0 Å². The van der Waals surface area contributed by atoms with Crippen molar-refractivity contribution < 1.29 is 9.72 Å². The van der Waals surface area contributed by atoms with Gasteiger partial charge in [-0.15, -0.1) is 0 Å². The average molecular weight is 280 g/mol. The molecule has 0 saturated heterocycles. The number of carbonyl (C=O) groups is 1. The minimum Gasteiger partial charge on any atom is -0.379 e. The molecule has 1 aromatic carbocycles. The summed E-state index contributed by atoms with van der Waals surface area (Å²) in [5.41, 5.74) is 5.92. The summed E-state index contributed by atoms with van der Waals surface area (Å²) in [5, 5.41) is 13.7. The Balaban J connectivity index is 2.53. The van der Waals surface area contributed by atoms with Crippen molar-refractivity contribution in [3.63, 3.8) is 0 Å². The predicted octanol–water partition coefficient (Wildman–Crippen LogP) is 1.20. The van der Waals surface area contributed by atoms with Gasteiger partial charge in [0.05, 0.1) is 4.92 Å². The van der Waals surface area contributed by atoms with Crippen LogP contribution in [0.2, 0.25) is 0 Å². The van der Waals surface area contributed by atoms with Crippen LogP contribution in [0.15, 0.2) is 24.3 Å². The molecule has 3 N–H and O–H groups in total. The van der Waals surface area contributed by atoms with Gasteiger partial charge < -0.3 is 16.0 Å². The van der Waals surface area contributed by atoms with Crippen LogP contribution in [0.1, 0.15) is 13.3 Å². The molecule has 0 aromatic heterocycles. The van der Waals surface area contributed by atoms with E-state index in [1.54, 1.807) is 30.1 Å². The fourth-order valence-electron chi connectivity index (χ4n) is 1.67. The maximum atomic E-state index is 11.8. The lowest BCUT2D eigenvalue weighted by molar-refractivity contribution is -0.384. The molecule has 110 valence electrons. The van der Waals surface area contributed by atoms with Crippen molar-refractivity contribution >= 4 is 17.3 Å². The van der Waals surface area contributed by atoms with Crippen LogP contribution in [0.25, 0.3) is 0 Å². The summed E-state index contributed by atoms with van der Waals surface area (Å²) >= 11 is 0. The number of nitro benzene ring substituents is 1. The van der Waals surface area contributed by atoms with E-state index < -0.39 is 4.92 Å². The van der Waals surface area contributed by atoms with E-state index in [4.69, 9.17) is 5.73 Å². The minimum atomic E-state index is -0.452. The highest BCUT2D eigenvalue weighted by Crippen LogP contribution is 2.22. The van der Waals surface area contributed by atoms with Crippen molar-refractivity contribution in [3.05, 3.63) is 34.4 Å². The molecule has 0 heterocycles. The van der Waals surface area contributed by atoms with Crippen LogP contribution in [-0.2, 0) is 4.79 Å². The SMILES string of the molecule is CC(CN)N(C)C(=O)CCNc1ccccc1[N+](=O)[O-]. The number of nitro groups is 1. The van der Waals surface area contributed by atoms with Crippen LogP contribution in [0.3, 0.4) is 0 Å². The maximum absolute atomic E-state index is 11.8. The third-order valence-corrected chi connectivity index (χ3v) is 3.15. The van der Waals surface area contributed by atoms with Crippen LogP contribution in [0.4, 0.5) is 11.4 Å². The molecule has 0 aliphatic heterocycles. The van der Waals surface area contributed by atoms with Crippen molar-refractivity contribution in [3.8, 4) is 0 Å². The van der Waals surface area contributed by atoms with E-state index in [0.717, 1.165) is 0 Å². The first-order valence-corrected chi connectivity index (χ1v) is 6.40. The third-order valence-electron chi connectivity index (χ3n) is 3.15. The number of hydrogen-bond donors (Lipinski definition) is 2. The Kier molecular flexibility index (Phi) is 5.92. The summed E-state index contributed by atoms with van der Waals surface area (Å²) in [5.74, 6) is -0.0472. The van der Waals surface area contributed by atoms with Gasteiger partial charge in [-0.25, -0.2) is 0 Å². The molecule has 7 heteroatoms. The zero-order chi connectivity index (χ0) is 15.1. The highest BCUT2D eigenvalue weighted by Gasteiger charge is 2.15. The van der Waals surface area contributed by atoms with Crippen LogP contribution in [0.5, 0.6) is 0 Å². The number of likely N-dealkylation sites (N-methyl/N-ethyl adjacent to an activating group) is 1. The van der Waals surface area contributed by atoms with Crippen LogP contribution in [-0.4, -0.2) is 41.9 Å². The van der Waals surface area contributed by atoms with Gasteiger partial charge in [-0.3, -0.25) is 14.9 Å². The highest BCUT2D eigenvalue weighted by atomic mass is 16.6. The molecule has 0 bridgehead atoms. The zero-order valence-corrected chi connectivity index (χ0v) is 11.7. The van der Waals surface area contributed by atoms with Crippen molar-refractivity contribution in [2.75, 3.05) is 25.5 Å². The molecule has 1 amide bonds. The molecule has 7 nitrogen and oxygen atoms in total. The number of para-hydroxylation sites is 2. The molecule has 1 rings (SSSR count). The maximum Gasteiger partial charge on any atom is 0.292 e. The molecule has 0 aliphatic rings. The van der Waals surface area contributed by atoms with Gasteiger partial charge >= 0.3 is 0 Å². The summed E-state index contributed by atoms with van der Waals surface area (Å²) in [7, 11) is 1.70. The van der Waals surface area contributed by atoms with E-state index >= 15 is 0 Å². The van der Waals surface area contributed by atoms with E-state index in [0.29, 0.717) is 18.8 Å². The van der Waals surface area contributed by atoms with Crippen molar-refractivity contribution in [1.82, 2.24) is 4.90 Å². The number of rotatable bonds is 7. The largest absolute Gasteiger partial charge is 0.379 e.